The number of carbonyl (C=O) groups is 1. The Hall–Kier alpha value is -0.870. The van der Waals surface area contributed by atoms with E-state index in [2.05, 4.69) is 11.9 Å². The Labute approximate surface area is 85.3 Å². The van der Waals surface area contributed by atoms with Crippen molar-refractivity contribution in [2.45, 2.75) is 33.1 Å². The molecule has 0 atom stereocenters. The third kappa shape index (κ3) is 6.62. The van der Waals surface area contributed by atoms with Crippen molar-refractivity contribution in [3.05, 3.63) is 12.7 Å². The van der Waals surface area contributed by atoms with E-state index in [-0.39, 0.29) is 5.91 Å². The van der Waals surface area contributed by atoms with Gasteiger partial charge in [-0.15, -0.1) is 0 Å². The Bertz CT molecular complexity index is 163. The first-order valence-corrected chi connectivity index (χ1v) is 4.90. The average Bonchev–Trinajstić information content (AvgIpc) is 2.21. The minimum Gasteiger partial charge on any atom is -0.335 e. The summed E-state index contributed by atoms with van der Waals surface area (Å²) in [6.45, 7) is 8.46. The van der Waals surface area contributed by atoms with Crippen molar-refractivity contribution in [1.29, 1.82) is 0 Å². The van der Waals surface area contributed by atoms with E-state index in [9.17, 15) is 4.79 Å². The zero-order valence-corrected chi connectivity index (χ0v) is 8.91. The number of rotatable bonds is 8. The van der Waals surface area contributed by atoms with Crippen LogP contribution in [0.3, 0.4) is 0 Å². The van der Waals surface area contributed by atoms with E-state index in [1.54, 1.807) is 0 Å². The van der Waals surface area contributed by atoms with Crippen LogP contribution in [-0.4, -0.2) is 25.5 Å². The highest BCUT2D eigenvalue weighted by atomic mass is 16.7. The minimum atomic E-state index is -0.652. The molecule has 0 bridgehead atoms. The lowest BCUT2D eigenvalue weighted by Gasteiger charge is -2.18. The van der Waals surface area contributed by atoms with Gasteiger partial charge in [0.1, 0.15) is 0 Å². The number of nitrogens with one attached hydrogen (secondary N) is 1. The molecule has 0 saturated heterocycles. The van der Waals surface area contributed by atoms with Crippen LogP contribution in [0, 0.1) is 0 Å². The van der Waals surface area contributed by atoms with Crippen molar-refractivity contribution < 1.29 is 14.3 Å². The fraction of sp³-hybridized carbons (Fsp3) is 0.700. The summed E-state index contributed by atoms with van der Waals surface area (Å²) < 4.78 is 10.5. The molecule has 0 fully saturated rings. The molecule has 0 saturated carbocycles. The molecule has 0 radical (unpaired) electrons. The van der Waals surface area contributed by atoms with Crippen LogP contribution in [0.4, 0.5) is 0 Å². The summed E-state index contributed by atoms with van der Waals surface area (Å²) in [6.07, 6.45) is 2.31. The molecule has 14 heavy (non-hydrogen) atoms. The summed E-state index contributed by atoms with van der Waals surface area (Å²) in [5.74, 6) is -0.290. The fourth-order valence-corrected chi connectivity index (χ4v) is 0.756. The molecule has 0 aliphatic carbocycles. The van der Waals surface area contributed by atoms with Crippen molar-refractivity contribution in [3.8, 4) is 0 Å². The van der Waals surface area contributed by atoms with E-state index in [0.29, 0.717) is 13.2 Å². The standard InChI is InChI=1S/C10H19NO3/c1-4-7-13-10(14-8-5-2)11-9(12)6-3/h6,10H,3-5,7-8H2,1-2H3,(H,11,12). The van der Waals surface area contributed by atoms with Crippen LogP contribution in [0.5, 0.6) is 0 Å². The van der Waals surface area contributed by atoms with Gasteiger partial charge in [-0.2, -0.15) is 0 Å². The fourth-order valence-electron chi connectivity index (χ4n) is 0.756. The first-order valence-electron chi connectivity index (χ1n) is 4.90. The monoisotopic (exact) mass is 201 g/mol. The van der Waals surface area contributed by atoms with Crippen LogP contribution in [0.25, 0.3) is 0 Å². The van der Waals surface area contributed by atoms with Gasteiger partial charge in [0.2, 0.25) is 12.3 Å². The molecule has 0 aromatic heterocycles. The van der Waals surface area contributed by atoms with Crippen molar-refractivity contribution in [1.82, 2.24) is 5.32 Å². The lowest BCUT2D eigenvalue weighted by Crippen LogP contribution is -2.38. The van der Waals surface area contributed by atoms with E-state index in [1.165, 1.54) is 6.08 Å². The normalized spacial score (nSPS) is 10.2. The zero-order chi connectivity index (χ0) is 10.8. The Balaban J connectivity index is 3.82. The highest BCUT2D eigenvalue weighted by molar-refractivity contribution is 5.86. The Morgan fingerprint density at radius 2 is 1.86 bits per heavy atom. The molecule has 0 heterocycles. The molecule has 0 spiro atoms. The lowest BCUT2D eigenvalue weighted by atomic mass is 10.5. The number of ether oxygens (including phenoxy) is 2. The molecular formula is C10H19NO3. The smallest absolute Gasteiger partial charge is 0.247 e. The SMILES string of the molecule is C=CC(=O)NC(OCCC)OCCC. The van der Waals surface area contributed by atoms with Gasteiger partial charge in [-0.3, -0.25) is 4.79 Å². The molecule has 0 unspecified atom stereocenters. The van der Waals surface area contributed by atoms with E-state index in [0.717, 1.165) is 12.8 Å². The largest absolute Gasteiger partial charge is 0.335 e. The quantitative estimate of drug-likeness (QED) is 0.477. The van der Waals surface area contributed by atoms with Crippen molar-refractivity contribution in [2.75, 3.05) is 13.2 Å². The summed E-state index contributed by atoms with van der Waals surface area (Å²) in [5, 5.41) is 2.53. The van der Waals surface area contributed by atoms with Gasteiger partial charge < -0.3 is 14.8 Å². The Morgan fingerprint density at radius 3 is 2.21 bits per heavy atom. The molecule has 0 aliphatic rings. The molecule has 0 rings (SSSR count). The first-order chi connectivity index (χ1) is 6.74. The number of amides is 1. The van der Waals surface area contributed by atoms with Gasteiger partial charge in [-0.25, -0.2) is 0 Å². The van der Waals surface area contributed by atoms with Gasteiger partial charge in [0.25, 0.3) is 0 Å². The highest BCUT2D eigenvalue weighted by Gasteiger charge is 2.09. The molecule has 4 heteroatoms. The molecule has 1 N–H and O–H groups in total. The van der Waals surface area contributed by atoms with E-state index < -0.39 is 6.41 Å². The first kappa shape index (κ1) is 13.1. The highest BCUT2D eigenvalue weighted by Crippen LogP contribution is 1.94. The second-order valence-corrected chi connectivity index (χ2v) is 2.79. The number of hydrogen-bond donors (Lipinski definition) is 1. The summed E-state index contributed by atoms with van der Waals surface area (Å²) >= 11 is 0. The van der Waals surface area contributed by atoms with Gasteiger partial charge in [-0.05, 0) is 18.9 Å². The topological polar surface area (TPSA) is 47.6 Å². The zero-order valence-electron chi connectivity index (χ0n) is 8.91. The molecule has 1 amide bonds. The molecule has 0 aliphatic heterocycles. The molecule has 4 nitrogen and oxygen atoms in total. The van der Waals surface area contributed by atoms with Crippen LogP contribution >= 0.6 is 0 Å². The Morgan fingerprint density at radius 1 is 1.36 bits per heavy atom. The number of hydrogen-bond acceptors (Lipinski definition) is 3. The predicted octanol–water partition coefficient (Wildman–Crippen LogP) is 1.43. The lowest BCUT2D eigenvalue weighted by molar-refractivity contribution is -0.167. The maximum Gasteiger partial charge on any atom is 0.247 e. The predicted molar refractivity (Wildman–Crippen MR) is 54.6 cm³/mol. The van der Waals surface area contributed by atoms with E-state index in [4.69, 9.17) is 9.47 Å². The molecule has 0 aromatic carbocycles. The molecule has 82 valence electrons. The third-order valence-corrected chi connectivity index (χ3v) is 1.39. The van der Waals surface area contributed by atoms with Gasteiger partial charge in [0.15, 0.2) is 0 Å². The maximum absolute atomic E-state index is 11.0. The van der Waals surface area contributed by atoms with Crippen LogP contribution in [0.15, 0.2) is 12.7 Å². The van der Waals surface area contributed by atoms with Crippen LogP contribution in [0.2, 0.25) is 0 Å². The van der Waals surface area contributed by atoms with Crippen LogP contribution in [-0.2, 0) is 14.3 Å². The van der Waals surface area contributed by atoms with Gasteiger partial charge >= 0.3 is 0 Å². The van der Waals surface area contributed by atoms with Crippen LogP contribution < -0.4 is 5.32 Å². The maximum atomic E-state index is 11.0. The molecular weight excluding hydrogens is 182 g/mol. The summed E-state index contributed by atoms with van der Waals surface area (Å²) in [7, 11) is 0. The van der Waals surface area contributed by atoms with Crippen molar-refractivity contribution in [3.63, 3.8) is 0 Å². The average molecular weight is 201 g/mol. The van der Waals surface area contributed by atoms with E-state index >= 15 is 0 Å². The minimum absolute atomic E-state index is 0.290. The second-order valence-electron chi connectivity index (χ2n) is 2.79. The van der Waals surface area contributed by atoms with Crippen molar-refractivity contribution >= 4 is 5.91 Å². The third-order valence-electron chi connectivity index (χ3n) is 1.39. The summed E-state index contributed by atoms with van der Waals surface area (Å²) in [4.78, 5) is 11.0. The van der Waals surface area contributed by atoms with E-state index in [1.807, 2.05) is 13.8 Å². The number of carbonyl (C=O) groups excluding carboxylic acids is 1. The second kappa shape index (κ2) is 8.72. The summed E-state index contributed by atoms with van der Waals surface area (Å²) in [6, 6.07) is 0. The van der Waals surface area contributed by atoms with Gasteiger partial charge in [0.05, 0.1) is 13.2 Å². The van der Waals surface area contributed by atoms with Gasteiger partial charge in [0, 0.05) is 0 Å². The van der Waals surface area contributed by atoms with Crippen molar-refractivity contribution in [2.24, 2.45) is 0 Å². The van der Waals surface area contributed by atoms with Crippen LogP contribution in [0.1, 0.15) is 26.7 Å². The van der Waals surface area contributed by atoms with Gasteiger partial charge in [-0.1, -0.05) is 20.4 Å². The Kier molecular flexibility index (Phi) is 8.17. The molecule has 0 aromatic rings. The summed E-state index contributed by atoms with van der Waals surface area (Å²) in [5.41, 5.74) is 0.